The fourth-order valence-electron chi connectivity index (χ4n) is 2.39. The molecule has 4 heteroatoms. The number of ether oxygens (including phenoxy) is 1. The summed E-state index contributed by atoms with van der Waals surface area (Å²) in [6.07, 6.45) is 3.18. The van der Waals surface area contributed by atoms with Crippen molar-refractivity contribution in [1.82, 2.24) is 4.90 Å². The zero-order valence-corrected chi connectivity index (χ0v) is 8.82. The predicted octanol–water partition coefficient (Wildman–Crippen LogP) is 0.722. The molecule has 1 aliphatic heterocycles. The molecule has 1 aliphatic carbocycles. The highest BCUT2D eigenvalue weighted by atomic mass is 16.5. The molecule has 0 N–H and O–H groups in total. The molecule has 0 aromatic rings. The molecule has 1 saturated carbocycles. The highest BCUT2D eigenvalue weighted by molar-refractivity contribution is 5.79. The van der Waals surface area contributed by atoms with Crippen LogP contribution in [0.2, 0.25) is 0 Å². The van der Waals surface area contributed by atoms with Crippen molar-refractivity contribution in [2.75, 3.05) is 19.7 Å². The van der Waals surface area contributed by atoms with E-state index in [2.05, 4.69) is 11.0 Å². The Labute approximate surface area is 89.8 Å². The van der Waals surface area contributed by atoms with Gasteiger partial charge in [0.15, 0.2) is 6.10 Å². The molecule has 15 heavy (non-hydrogen) atoms. The van der Waals surface area contributed by atoms with Crippen LogP contribution in [0.25, 0.3) is 0 Å². The second-order valence-electron chi connectivity index (χ2n) is 4.27. The Kier molecular flexibility index (Phi) is 3.34. The number of hydrogen-bond donors (Lipinski definition) is 0. The monoisotopic (exact) mass is 208 g/mol. The van der Waals surface area contributed by atoms with Crippen LogP contribution in [-0.2, 0) is 9.53 Å². The van der Waals surface area contributed by atoms with Crippen LogP contribution in [0.3, 0.4) is 0 Å². The SMILES string of the molecule is N#CC1CN(C2CCCC(=O)C2)CCO1. The lowest BCUT2D eigenvalue weighted by Gasteiger charge is -2.37. The summed E-state index contributed by atoms with van der Waals surface area (Å²) in [4.78, 5) is 13.6. The molecule has 0 spiro atoms. The van der Waals surface area contributed by atoms with E-state index in [-0.39, 0.29) is 6.10 Å². The van der Waals surface area contributed by atoms with Crippen LogP contribution in [0.5, 0.6) is 0 Å². The first-order chi connectivity index (χ1) is 7.29. The number of nitrogens with zero attached hydrogens (tertiary/aromatic N) is 2. The predicted molar refractivity (Wildman–Crippen MR) is 54.2 cm³/mol. The van der Waals surface area contributed by atoms with Gasteiger partial charge in [-0.1, -0.05) is 0 Å². The molecule has 2 rings (SSSR count). The van der Waals surface area contributed by atoms with Crippen molar-refractivity contribution in [3.05, 3.63) is 0 Å². The topological polar surface area (TPSA) is 53.3 Å². The van der Waals surface area contributed by atoms with E-state index in [9.17, 15) is 4.79 Å². The number of Topliss-reactive ketones (excluding diaryl/α,β-unsaturated/α-hetero) is 1. The van der Waals surface area contributed by atoms with E-state index in [4.69, 9.17) is 10.00 Å². The largest absolute Gasteiger partial charge is 0.361 e. The summed E-state index contributed by atoms with van der Waals surface area (Å²) in [5.74, 6) is 0.367. The first-order valence-corrected chi connectivity index (χ1v) is 5.56. The summed E-state index contributed by atoms with van der Waals surface area (Å²) < 4.78 is 5.29. The molecule has 2 aliphatic rings. The third kappa shape index (κ3) is 2.55. The van der Waals surface area contributed by atoms with E-state index in [1.54, 1.807) is 0 Å². The zero-order valence-electron chi connectivity index (χ0n) is 8.82. The molecule has 2 unspecified atom stereocenters. The molecular formula is C11H16N2O2. The van der Waals surface area contributed by atoms with E-state index >= 15 is 0 Å². The molecule has 1 heterocycles. The molecular weight excluding hydrogens is 192 g/mol. The van der Waals surface area contributed by atoms with Gasteiger partial charge in [0.2, 0.25) is 0 Å². The summed E-state index contributed by atoms with van der Waals surface area (Å²) >= 11 is 0. The Hall–Kier alpha value is -0.920. The summed E-state index contributed by atoms with van der Waals surface area (Å²) in [5.41, 5.74) is 0. The Morgan fingerprint density at radius 2 is 2.40 bits per heavy atom. The first-order valence-electron chi connectivity index (χ1n) is 5.56. The first kappa shape index (κ1) is 10.6. The number of nitriles is 1. The van der Waals surface area contributed by atoms with Crippen molar-refractivity contribution >= 4 is 5.78 Å². The zero-order chi connectivity index (χ0) is 10.7. The Morgan fingerprint density at radius 1 is 1.53 bits per heavy atom. The Morgan fingerprint density at radius 3 is 3.13 bits per heavy atom. The van der Waals surface area contributed by atoms with Crippen LogP contribution in [-0.4, -0.2) is 42.5 Å². The molecule has 0 radical (unpaired) electrons. The number of carbonyl (C=O) groups is 1. The lowest BCUT2D eigenvalue weighted by Crippen LogP contribution is -2.48. The summed E-state index contributed by atoms with van der Waals surface area (Å²) in [7, 11) is 0. The van der Waals surface area contributed by atoms with Crippen LogP contribution in [0.4, 0.5) is 0 Å². The molecule has 0 aromatic heterocycles. The van der Waals surface area contributed by atoms with Crippen molar-refractivity contribution in [1.29, 1.82) is 5.26 Å². The lowest BCUT2D eigenvalue weighted by atomic mass is 9.92. The van der Waals surface area contributed by atoms with Crippen molar-refractivity contribution in [3.63, 3.8) is 0 Å². The molecule has 1 saturated heterocycles. The number of morpholine rings is 1. The summed E-state index contributed by atoms with van der Waals surface area (Å²) in [6, 6.07) is 2.49. The van der Waals surface area contributed by atoms with E-state index in [1.165, 1.54) is 0 Å². The maximum atomic E-state index is 11.3. The third-order valence-corrected chi connectivity index (χ3v) is 3.21. The number of hydrogen-bond acceptors (Lipinski definition) is 4. The van der Waals surface area contributed by atoms with Gasteiger partial charge in [-0.3, -0.25) is 9.69 Å². The van der Waals surface area contributed by atoms with Gasteiger partial charge in [0, 0.05) is 32.0 Å². The van der Waals surface area contributed by atoms with Gasteiger partial charge in [0.05, 0.1) is 12.7 Å². The second-order valence-corrected chi connectivity index (χ2v) is 4.27. The van der Waals surface area contributed by atoms with Gasteiger partial charge in [-0.25, -0.2) is 0 Å². The second kappa shape index (κ2) is 4.73. The smallest absolute Gasteiger partial charge is 0.156 e. The minimum atomic E-state index is -0.309. The standard InChI is InChI=1S/C11H16N2O2/c12-7-11-8-13(4-5-15-11)9-2-1-3-10(14)6-9/h9,11H,1-6,8H2. The maximum absolute atomic E-state index is 11.3. The highest BCUT2D eigenvalue weighted by Gasteiger charge is 2.29. The molecule has 0 aromatic carbocycles. The molecule has 82 valence electrons. The van der Waals surface area contributed by atoms with E-state index in [0.29, 0.717) is 31.4 Å². The van der Waals surface area contributed by atoms with Gasteiger partial charge in [0.1, 0.15) is 5.78 Å². The molecule has 0 bridgehead atoms. The molecule has 0 amide bonds. The van der Waals surface area contributed by atoms with Crippen molar-refractivity contribution in [2.45, 2.75) is 37.8 Å². The molecule has 2 atom stereocenters. The minimum Gasteiger partial charge on any atom is -0.361 e. The number of ketones is 1. The normalized spacial score (nSPS) is 33.7. The summed E-state index contributed by atoms with van der Waals surface area (Å²) in [6.45, 7) is 2.13. The average molecular weight is 208 g/mol. The number of rotatable bonds is 1. The third-order valence-electron chi connectivity index (χ3n) is 3.21. The quantitative estimate of drug-likeness (QED) is 0.637. The van der Waals surface area contributed by atoms with Crippen LogP contribution in [0.15, 0.2) is 0 Å². The van der Waals surface area contributed by atoms with Gasteiger partial charge in [0.25, 0.3) is 0 Å². The van der Waals surface area contributed by atoms with Crippen LogP contribution in [0.1, 0.15) is 25.7 Å². The van der Waals surface area contributed by atoms with E-state index < -0.39 is 0 Å². The summed E-state index contributed by atoms with van der Waals surface area (Å²) in [5, 5.41) is 8.79. The maximum Gasteiger partial charge on any atom is 0.156 e. The fourth-order valence-corrected chi connectivity index (χ4v) is 2.39. The van der Waals surface area contributed by atoms with Gasteiger partial charge in [-0.05, 0) is 12.8 Å². The van der Waals surface area contributed by atoms with E-state index in [0.717, 1.165) is 25.8 Å². The van der Waals surface area contributed by atoms with Gasteiger partial charge in [-0.15, -0.1) is 0 Å². The Bertz CT molecular complexity index is 285. The van der Waals surface area contributed by atoms with Gasteiger partial charge < -0.3 is 4.74 Å². The minimum absolute atomic E-state index is 0.309. The Balaban J connectivity index is 1.92. The lowest BCUT2D eigenvalue weighted by molar-refractivity contribution is -0.123. The van der Waals surface area contributed by atoms with Crippen molar-refractivity contribution in [2.24, 2.45) is 0 Å². The van der Waals surface area contributed by atoms with E-state index in [1.807, 2.05) is 0 Å². The van der Waals surface area contributed by atoms with Crippen molar-refractivity contribution < 1.29 is 9.53 Å². The van der Waals surface area contributed by atoms with Gasteiger partial charge >= 0.3 is 0 Å². The van der Waals surface area contributed by atoms with Gasteiger partial charge in [-0.2, -0.15) is 5.26 Å². The molecule has 2 fully saturated rings. The van der Waals surface area contributed by atoms with Crippen LogP contribution in [0, 0.1) is 11.3 Å². The van der Waals surface area contributed by atoms with Crippen LogP contribution < -0.4 is 0 Å². The van der Waals surface area contributed by atoms with Crippen LogP contribution >= 0.6 is 0 Å². The molecule has 4 nitrogen and oxygen atoms in total. The van der Waals surface area contributed by atoms with Crippen molar-refractivity contribution in [3.8, 4) is 6.07 Å². The highest BCUT2D eigenvalue weighted by Crippen LogP contribution is 2.22. The number of carbonyl (C=O) groups excluding carboxylic acids is 1. The average Bonchev–Trinajstić information content (AvgIpc) is 2.29. The fraction of sp³-hybridized carbons (Fsp3) is 0.818.